The molecule has 0 amide bonds. The first kappa shape index (κ1) is 20.4. The molecule has 1 saturated heterocycles. The Kier molecular flexibility index (Phi) is 6.06. The highest BCUT2D eigenvalue weighted by molar-refractivity contribution is 5.40. The van der Waals surface area contributed by atoms with Gasteiger partial charge in [0.2, 0.25) is 0 Å². The lowest BCUT2D eigenvalue weighted by atomic mass is 9.95. The molecule has 0 spiro atoms. The molecule has 4 rings (SSSR count). The van der Waals surface area contributed by atoms with Crippen LogP contribution < -0.4 is 10.1 Å². The van der Waals surface area contributed by atoms with Crippen LogP contribution in [0.4, 0.5) is 13.2 Å². The van der Waals surface area contributed by atoms with Crippen molar-refractivity contribution >= 4 is 0 Å². The fourth-order valence-electron chi connectivity index (χ4n) is 3.78. The Morgan fingerprint density at radius 1 is 0.767 bits per heavy atom. The van der Waals surface area contributed by atoms with E-state index in [1.807, 2.05) is 54.6 Å². The first-order valence-electron chi connectivity index (χ1n) is 9.95. The van der Waals surface area contributed by atoms with Gasteiger partial charge in [-0.2, -0.15) is 13.2 Å². The summed E-state index contributed by atoms with van der Waals surface area (Å²) in [7, 11) is 0. The molecular weight excluding hydrogens is 389 g/mol. The lowest BCUT2D eigenvalue weighted by Gasteiger charge is -2.35. The van der Waals surface area contributed by atoms with Gasteiger partial charge in [0.15, 0.2) is 0 Å². The van der Waals surface area contributed by atoms with Crippen molar-refractivity contribution in [2.45, 2.75) is 12.2 Å². The smallest absolute Gasteiger partial charge is 0.416 e. The number of piperazine rings is 1. The number of alkyl halides is 3. The molecule has 6 heteroatoms. The number of nitrogens with one attached hydrogen (secondary N) is 1. The van der Waals surface area contributed by atoms with Crippen LogP contribution in [0.15, 0.2) is 78.9 Å². The number of para-hydroxylation sites is 1. The third-order valence-electron chi connectivity index (χ3n) is 5.22. The minimum atomic E-state index is -4.34. The van der Waals surface area contributed by atoms with Gasteiger partial charge < -0.3 is 10.1 Å². The summed E-state index contributed by atoms with van der Waals surface area (Å²) >= 11 is 0. The topological polar surface area (TPSA) is 24.5 Å². The maximum Gasteiger partial charge on any atom is 0.416 e. The number of hydrogen-bond acceptors (Lipinski definition) is 3. The average molecular weight is 412 g/mol. The van der Waals surface area contributed by atoms with Gasteiger partial charge in [-0.15, -0.1) is 0 Å². The molecule has 0 bridgehead atoms. The molecule has 1 heterocycles. The Labute approximate surface area is 174 Å². The molecule has 0 aromatic heterocycles. The van der Waals surface area contributed by atoms with Gasteiger partial charge in [-0.25, -0.2) is 0 Å². The Bertz CT molecular complexity index is 952. The van der Waals surface area contributed by atoms with Gasteiger partial charge >= 0.3 is 6.18 Å². The molecule has 0 saturated carbocycles. The third-order valence-corrected chi connectivity index (χ3v) is 5.22. The summed E-state index contributed by atoms with van der Waals surface area (Å²) in [6.45, 7) is 3.32. The van der Waals surface area contributed by atoms with E-state index in [0.717, 1.165) is 55.2 Å². The van der Waals surface area contributed by atoms with E-state index in [2.05, 4.69) is 10.2 Å². The number of benzene rings is 3. The van der Waals surface area contributed by atoms with E-state index < -0.39 is 11.7 Å². The summed E-state index contributed by atoms with van der Waals surface area (Å²) in [6, 6.07) is 22.6. The normalized spacial score (nSPS) is 16.2. The van der Waals surface area contributed by atoms with Crippen molar-refractivity contribution in [1.82, 2.24) is 10.2 Å². The van der Waals surface area contributed by atoms with Crippen LogP contribution in [0.25, 0.3) is 0 Å². The maximum absolute atomic E-state index is 13.0. The average Bonchev–Trinajstić information content (AvgIpc) is 2.76. The van der Waals surface area contributed by atoms with Crippen LogP contribution in [0.2, 0.25) is 0 Å². The minimum Gasteiger partial charge on any atom is -0.457 e. The number of nitrogens with zero attached hydrogens (tertiary/aromatic N) is 1. The summed E-state index contributed by atoms with van der Waals surface area (Å²) < 4.78 is 45.0. The molecule has 3 aromatic rings. The summed E-state index contributed by atoms with van der Waals surface area (Å²) in [4.78, 5) is 2.29. The summed E-state index contributed by atoms with van der Waals surface area (Å²) in [5.74, 6) is 1.44. The van der Waals surface area contributed by atoms with Crippen LogP contribution in [0.3, 0.4) is 0 Å². The van der Waals surface area contributed by atoms with Crippen molar-refractivity contribution in [3.63, 3.8) is 0 Å². The van der Waals surface area contributed by atoms with Gasteiger partial charge in [-0.3, -0.25) is 4.90 Å². The lowest BCUT2D eigenvalue weighted by Crippen LogP contribution is -2.45. The molecule has 0 radical (unpaired) electrons. The van der Waals surface area contributed by atoms with Crippen LogP contribution in [-0.2, 0) is 6.18 Å². The van der Waals surface area contributed by atoms with E-state index in [4.69, 9.17) is 4.74 Å². The molecule has 1 unspecified atom stereocenters. The largest absolute Gasteiger partial charge is 0.457 e. The zero-order valence-electron chi connectivity index (χ0n) is 16.4. The van der Waals surface area contributed by atoms with Gasteiger partial charge in [-0.05, 0) is 47.5 Å². The highest BCUT2D eigenvalue weighted by Crippen LogP contribution is 2.35. The Balaban J connectivity index is 1.67. The third kappa shape index (κ3) is 4.83. The Hall–Kier alpha value is -2.83. The monoisotopic (exact) mass is 412 g/mol. The first-order valence-corrected chi connectivity index (χ1v) is 9.95. The first-order chi connectivity index (χ1) is 14.5. The van der Waals surface area contributed by atoms with E-state index in [0.29, 0.717) is 5.75 Å². The van der Waals surface area contributed by atoms with E-state index in [9.17, 15) is 13.2 Å². The predicted octanol–water partition coefficient (Wildman–Crippen LogP) is 5.49. The van der Waals surface area contributed by atoms with E-state index in [1.54, 1.807) is 12.1 Å². The molecule has 0 aliphatic carbocycles. The van der Waals surface area contributed by atoms with Crippen molar-refractivity contribution in [3.8, 4) is 11.5 Å². The second kappa shape index (κ2) is 8.90. The summed E-state index contributed by atoms with van der Waals surface area (Å²) in [5.41, 5.74) is 1.19. The highest BCUT2D eigenvalue weighted by Gasteiger charge is 2.31. The van der Waals surface area contributed by atoms with Crippen molar-refractivity contribution in [2.24, 2.45) is 0 Å². The van der Waals surface area contributed by atoms with E-state index in [-0.39, 0.29) is 6.04 Å². The van der Waals surface area contributed by atoms with Gasteiger partial charge in [-0.1, -0.05) is 42.5 Å². The molecule has 30 heavy (non-hydrogen) atoms. The number of halogens is 3. The van der Waals surface area contributed by atoms with Gasteiger partial charge in [0.05, 0.1) is 11.6 Å². The SMILES string of the molecule is FC(F)(F)c1ccc(C(c2cccc(Oc3ccccc3)c2)N2CCNCC2)cc1. The van der Waals surface area contributed by atoms with Crippen LogP contribution in [-0.4, -0.2) is 31.1 Å². The predicted molar refractivity (Wildman–Crippen MR) is 111 cm³/mol. The minimum absolute atomic E-state index is 0.145. The van der Waals surface area contributed by atoms with Gasteiger partial charge in [0.25, 0.3) is 0 Å². The molecular formula is C24H23F3N2O. The van der Waals surface area contributed by atoms with Crippen molar-refractivity contribution in [1.29, 1.82) is 0 Å². The van der Waals surface area contributed by atoms with Crippen LogP contribution in [0, 0.1) is 0 Å². The fourth-order valence-corrected chi connectivity index (χ4v) is 3.78. The van der Waals surface area contributed by atoms with Crippen molar-refractivity contribution in [3.05, 3.63) is 95.6 Å². The summed E-state index contributed by atoms with van der Waals surface area (Å²) in [5, 5.41) is 3.33. The number of rotatable bonds is 5. The molecule has 156 valence electrons. The number of ether oxygens (including phenoxy) is 1. The molecule has 3 nitrogen and oxygen atoms in total. The van der Waals surface area contributed by atoms with Crippen molar-refractivity contribution < 1.29 is 17.9 Å². The standard InChI is InChI=1S/C24H23F3N2O/c25-24(26,27)20-11-9-18(10-12-20)23(29-15-13-28-14-16-29)19-5-4-8-22(17-19)30-21-6-2-1-3-7-21/h1-12,17,23,28H,13-16H2. The molecule has 1 atom stereocenters. The lowest BCUT2D eigenvalue weighted by molar-refractivity contribution is -0.137. The van der Waals surface area contributed by atoms with Crippen molar-refractivity contribution in [2.75, 3.05) is 26.2 Å². The Morgan fingerprint density at radius 3 is 2.10 bits per heavy atom. The molecule has 1 aliphatic rings. The van der Waals surface area contributed by atoms with E-state index in [1.165, 1.54) is 0 Å². The molecule has 3 aromatic carbocycles. The molecule has 1 fully saturated rings. The number of hydrogen-bond donors (Lipinski definition) is 1. The fraction of sp³-hybridized carbons (Fsp3) is 0.250. The van der Waals surface area contributed by atoms with Crippen LogP contribution in [0.1, 0.15) is 22.7 Å². The molecule has 1 N–H and O–H groups in total. The zero-order chi connectivity index (χ0) is 21.0. The molecule has 1 aliphatic heterocycles. The second-order valence-corrected chi connectivity index (χ2v) is 7.30. The van der Waals surface area contributed by atoms with Crippen LogP contribution in [0.5, 0.6) is 11.5 Å². The summed E-state index contributed by atoms with van der Waals surface area (Å²) in [6.07, 6.45) is -4.34. The highest BCUT2D eigenvalue weighted by atomic mass is 19.4. The van der Waals surface area contributed by atoms with Gasteiger partial charge in [0, 0.05) is 26.2 Å². The van der Waals surface area contributed by atoms with E-state index >= 15 is 0 Å². The van der Waals surface area contributed by atoms with Gasteiger partial charge in [0.1, 0.15) is 11.5 Å². The van der Waals surface area contributed by atoms with Crippen LogP contribution >= 0.6 is 0 Å². The zero-order valence-corrected chi connectivity index (χ0v) is 16.4. The quantitative estimate of drug-likeness (QED) is 0.600. The maximum atomic E-state index is 13.0. The second-order valence-electron chi connectivity index (χ2n) is 7.30. The Morgan fingerprint density at radius 2 is 1.43 bits per heavy atom.